The van der Waals surface area contributed by atoms with Gasteiger partial charge in [-0.05, 0) is 18.9 Å². The van der Waals surface area contributed by atoms with E-state index in [1.54, 1.807) is 12.3 Å². The van der Waals surface area contributed by atoms with Gasteiger partial charge < -0.3 is 20.8 Å². The third-order valence-corrected chi connectivity index (χ3v) is 2.05. The molecule has 0 radical (unpaired) electrons. The number of nitrogen functional groups attached to an aromatic ring is 1. The maximum absolute atomic E-state index is 11.5. The van der Waals surface area contributed by atoms with E-state index in [9.17, 15) is 4.79 Å². The maximum atomic E-state index is 11.5. The fourth-order valence-electron chi connectivity index (χ4n) is 1.26. The van der Waals surface area contributed by atoms with Crippen LogP contribution >= 0.6 is 0 Å². The van der Waals surface area contributed by atoms with Gasteiger partial charge >= 0.3 is 0 Å². The topological polar surface area (TPSA) is 80.1 Å². The first-order valence-corrected chi connectivity index (χ1v) is 5.54. The van der Waals surface area contributed by atoms with Crippen LogP contribution in [0.5, 0.6) is 0 Å². The summed E-state index contributed by atoms with van der Waals surface area (Å²) in [5, 5.41) is 2.78. The number of ether oxygens (including phenoxy) is 1. The first kappa shape index (κ1) is 12.6. The average Bonchev–Trinajstić information content (AvgIpc) is 2.70. The molecule has 0 unspecified atom stereocenters. The molecule has 1 rings (SSSR count). The van der Waals surface area contributed by atoms with E-state index in [-0.39, 0.29) is 5.91 Å². The summed E-state index contributed by atoms with van der Waals surface area (Å²) in [6, 6.07) is 1.61. The van der Waals surface area contributed by atoms with Crippen molar-refractivity contribution >= 4 is 11.6 Å². The van der Waals surface area contributed by atoms with Crippen LogP contribution in [0.4, 0.5) is 5.69 Å². The number of aromatic amines is 1. The molecule has 0 saturated carbocycles. The van der Waals surface area contributed by atoms with Crippen molar-refractivity contribution in [1.29, 1.82) is 0 Å². The molecule has 0 fully saturated rings. The number of carbonyl (C=O) groups is 1. The molecule has 1 heterocycles. The van der Waals surface area contributed by atoms with Gasteiger partial charge in [0.2, 0.25) is 0 Å². The number of anilines is 1. The molecule has 0 aromatic carbocycles. The van der Waals surface area contributed by atoms with E-state index in [0.717, 1.165) is 19.4 Å². The minimum absolute atomic E-state index is 0.132. The SMILES string of the molecule is CCCOCCCNC(=O)c1cc(N)c[nH]1. The number of rotatable bonds is 7. The van der Waals surface area contributed by atoms with Crippen molar-refractivity contribution < 1.29 is 9.53 Å². The number of hydrogen-bond donors (Lipinski definition) is 3. The molecule has 5 heteroatoms. The van der Waals surface area contributed by atoms with Gasteiger partial charge in [-0.25, -0.2) is 0 Å². The van der Waals surface area contributed by atoms with Crippen molar-refractivity contribution in [2.24, 2.45) is 0 Å². The first-order chi connectivity index (χ1) is 7.74. The van der Waals surface area contributed by atoms with E-state index in [4.69, 9.17) is 10.5 Å². The molecule has 1 aromatic rings. The fourth-order valence-corrected chi connectivity index (χ4v) is 1.26. The Morgan fingerprint density at radius 3 is 3.00 bits per heavy atom. The molecule has 1 amide bonds. The number of amides is 1. The standard InChI is InChI=1S/C11H19N3O2/c1-2-5-16-6-3-4-13-11(15)10-7-9(12)8-14-10/h7-8,14H,2-6,12H2,1H3,(H,13,15). The van der Waals surface area contributed by atoms with Crippen LogP contribution in [0.15, 0.2) is 12.3 Å². The van der Waals surface area contributed by atoms with Crippen LogP contribution in [-0.2, 0) is 4.74 Å². The third-order valence-electron chi connectivity index (χ3n) is 2.05. The number of hydrogen-bond acceptors (Lipinski definition) is 3. The lowest BCUT2D eigenvalue weighted by atomic mass is 10.3. The maximum Gasteiger partial charge on any atom is 0.267 e. The second-order valence-electron chi connectivity index (χ2n) is 3.57. The molecule has 0 spiro atoms. The van der Waals surface area contributed by atoms with E-state index < -0.39 is 0 Å². The van der Waals surface area contributed by atoms with Crippen molar-refractivity contribution in [3.8, 4) is 0 Å². The van der Waals surface area contributed by atoms with Crippen LogP contribution in [-0.4, -0.2) is 30.6 Å². The summed E-state index contributed by atoms with van der Waals surface area (Å²) in [6.45, 7) is 4.14. The number of aromatic nitrogens is 1. The second kappa shape index (κ2) is 6.90. The first-order valence-electron chi connectivity index (χ1n) is 5.54. The Bertz CT molecular complexity index is 323. The molecule has 0 aliphatic carbocycles. The second-order valence-corrected chi connectivity index (χ2v) is 3.57. The highest BCUT2D eigenvalue weighted by molar-refractivity contribution is 5.93. The summed E-state index contributed by atoms with van der Waals surface area (Å²) in [5.74, 6) is -0.132. The van der Waals surface area contributed by atoms with E-state index >= 15 is 0 Å². The molecular formula is C11H19N3O2. The smallest absolute Gasteiger partial charge is 0.267 e. The predicted molar refractivity (Wildman–Crippen MR) is 63.3 cm³/mol. The third kappa shape index (κ3) is 4.35. The van der Waals surface area contributed by atoms with E-state index in [2.05, 4.69) is 17.2 Å². The van der Waals surface area contributed by atoms with Crippen LogP contribution in [0, 0.1) is 0 Å². The largest absolute Gasteiger partial charge is 0.397 e. The van der Waals surface area contributed by atoms with Crippen molar-refractivity contribution in [3.05, 3.63) is 18.0 Å². The fraction of sp³-hybridized carbons (Fsp3) is 0.545. The van der Waals surface area contributed by atoms with Crippen LogP contribution in [0.1, 0.15) is 30.3 Å². The van der Waals surface area contributed by atoms with Gasteiger partial charge in [-0.1, -0.05) is 6.92 Å². The van der Waals surface area contributed by atoms with Gasteiger partial charge in [0.25, 0.3) is 5.91 Å². The van der Waals surface area contributed by atoms with Gasteiger partial charge in [0.05, 0.1) is 0 Å². The van der Waals surface area contributed by atoms with Gasteiger partial charge in [-0.15, -0.1) is 0 Å². The molecule has 0 saturated heterocycles. The molecular weight excluding hydrogens is 206 g/mol. The average molecular weight is 225 g/mol. The summed E-state index contributed by atoms with van der Waals surface area (Å²) >= 11 is 0. The van der Waals surface area contributed by atoms with Crippen LogP contribution in [0.25, 0.3) is 0 Å². The van der Waals surface area contributed by atoms with Crippen LogP contribution in [0.3, 0.4) is 0 Å². The van der Waals surface area contributed by atoms with Gasteiger partial charge in [-0.3, -0.25) is 4.79 Å². The van der Waals surface area contributed by atoms with Gasteiger partial charge in [0.1, 0.15) is 5.69 Å². The molecule has 0 atom stereocenters. The zero-order valence-corrected chi connectivity index (χ0v) is 9.58. The van der Waals surface area contributed by atoms with Gasteiger partial charge in [0, 0.05) is 31.6 Å². The lowest BCUT2D eigenvalue weighted by Gasteiger charge is -2.04. The lowest BCUT2D eigenvalue weighted by Crippen LogP contribution is -2.25. The Balaban J connectivity index is 2.11. The molecule has 5 nitrogen and oxygen atoms in total. The minimum Gasteiger partial charge on any atom is -0.397 e. The Kier molecular flexibility index (Phi) is 5.42. The lowest BCUT2D eigenvalue weighted by molar-refractivity contribution is 0.0937. The van der Waals surface area contributed by atoms with Crippen molar-refractivity contribution in [2.45, 2.75) is 19.8 Å². The molecule has 90 valence electrons. The highest BCUT2D eigenvalue weighted by atomic mass is 16.5. The van der Waals surface area contributed by atoms with E-state index in [0.29, 0.717) is 24.5 Å². The number of H-pyrrole nitrogens is 1. The Hall–Kier alpha value is -1.49. The van der Waals surface area contributed by atoms with Crippen LogP contribution in [0.2, 0.25) is 0 Å². The zero-order valence-electron chi connectivity index (χ0n) is 9.58. The molecule has 16 heavy (non-hydrogen) atoms. The molecule has 0 aliphatic rings. The molecule has 0 aliphatic heterocycles. The molecule has 4 N–H and O–H groups in total. The highest BCUT2D eigenvalue weighted by Gasteiger charge is 2.05. The summed E-state index contributed by atoms with van der Waals surface area (Å²) in [5.41, 5.74) is 6.55. The number of carbonyl (C=O) groups excluding carboxylic acids is 1. The Morgan fingerprint density at radius 1 is 1.56 bits per heavy atom. The quantitative estimate of drug-likeness (QED) is 0.609. The monoisotopic (exact) mass is 225 g/mol. The normalized spacial score (nSPS) is 10.3. The Labute approximate surface area is 95.4 Å². The van der Waals surface area contributed by atoms with E-state index in [1.807, 2.05) is 0 Å². The number of nitrogens with two attached hydrogens (primary N) is 1. The summed E-state index contributed by atoms with van der Waals surface area (Å²) in [6.07, 6.45) is 3.44. The molecule has 1 aromatic heterocycles. The van der Waals surface area contributed by atoms with Crippen molar-refractivity contribution in [1.82, 2.24) is 10.3 Å². The highest BCUT2D eigenvalue weighted by Crippen LogP contribution is 2.03. The zero-order chi connectivity index (χ0) is 11.8. The predicted octanol–water partition coefficient (Wildman–Crippen LogP) is 1.14. The van der Waals surface area contributed by atoms with Gasteiger partial charge in [-0.2, -0.15) is 0 Å². The summed E-state index contributed by atoms with van der Waals surface area (Å²) in [4.78, 5) is 14.3. The van der Waals surface area contributed by atoms with E-state index in [1.165, 1.54) is 0 Å². The van der Waals surface area contributed by atoms with Crippen molar-refractivity contribution in [2.75, 3.05) is 25.5 Å². The Morgan fingerprint density at radius 2 is 2.38 bits per heavy atom. The summed E-state index contributed by atoms with van der Waals surface area (Å²) in [7, 11) is 0. The van der Waals surface area contributed by atoms with Gasteiger partial charge in [0.15, 0.2) is 0 Å². The van der Waals surface area contributed by atoms with Crippen LogP contribution < -0.4 is 11.1 Å². The molecule has 0 bridgehead atoms. The van der Waals surface area contributed by atoms with Crippen molar-refractivity contribution in [3.63, 3.8) is 0 Å². The minimum atomic E-state index is -0.132. The number of nitrogens with one attached hydrogen (secondary N) is 2. The summed E-state index contributed by atoms with van der Waals surface area (Å²) < 4.78 is 5.30.